The van der Waals surface area contributed by atoms with Gasteiger partial charge in [-0.1, -0.05) is 48.6 Å². The normalized spacial score (nSPS) is 10.8. The molecule has 0 saturated carbocycles. The second kappa shape index (κ2) is 6.01. The molecule has 0 aromatic heterocycles. The van der Waals surface area contributed by atoms with E-state index in [4.69, 9.17) is 5.11 Å². The van der Waals surface area contributed by atoms with Gasteiger partial charge in [0.1, 0.15) is 0 Å². The molecular weight excluding hydrogens is 236 g/mol. The van der Waals surface area contributed by atoms with Crippen LogP contribution in [0.25, 0.3) is 11.1 Å². The Bertz CT molecular complexity index is 578. The van der Waals surface area contributed by atoms with Crippen molar-refractivity contribution in [2.45, 2.75) is 13.3 Å². The second-order valence-corrected chi connectivity index (χ2v) is 4.35. The monoisotopic (exact) mass is 252 g/mol. The van der Waals surface area contributed by atoms with Crippen LogP contribution >= 0.6 is 0 Å². The lowest BCUT2D eigenvalue weighted by Gasteiger charge is -2.04. The van der Waals surface area contributed by atoms with Crippen molar-refractivity contribution in [2.24, 2.45) is 0 Å². The lowest BCUT2D eigenvalue weighted by atomic mass is 10.0. The predicted molar refractivity (Wildman–Crippen MR) is 77.4 cm³/mol. The molecule has 2 heteroatoms. The zero-order valence-corrected chi connectivity index (χ0v) is 10.8. The Morgan fingerprint density at radius 2 is 1.53 bits per heavy atom. The smallest absolute Gasteiger partial charge is 0.335 e. The number of rotatable bonds is 4. The molecule has 0 aliphatic carbocycles. The van der Waals surface area contributed by atoms with Crippen molar-refractivity contribution in [3.63, 3.8) is 0 Å². The molecule has 2 aromatic carbocycles. The maximum atomic E-state index is 10.8. The summed E-state index contributed by atoms with van der Waals surface area (Å²) in [6, 6.07) is 15.3. The minimum atomic E-state index is -0.895. The maximum Gasteiger partial charge on any atom is 0.335 e. The molecular formula is C17H16O2. The lowest BCUT2D eigenvalue weighted by molar-refractivity contribution is 0.0697. The molecule has 0 saturated heterocycles. The molecule has 0 heterocycles. The Balaban J connectivity index is 2.19. The van der Waals surface area contributed by atoms with Crippen molar-refractivity contribution in [1.29, 1.82) is 0 Å². The quantitative estimate of drug-likeness (QED) is 0.829. The number of aromatic carboxylic acids is 1. The first-order chi connectivity index (χ1) is 9.20. The molecule has 2 aromatic rings. The van der Waals surface area contributed by atoms with Crippen molar-refractivity contribution in [1.82, 2.24) is 0 Å². The number of carbonyl (C=O) groups is 1. The molecule has 0 atom stereocenters. The molecule has 1 N–H and O–H groups in total. The van der Waals surface area contributed by atoms with Gasteiger partial charge in [-0.3, -0.25) is 0 Å². The highest BCUT2D eigenvalue weighted by atomic mass is 16.4. The Hall–Kier alpha value is -2.35. The van der Waals surface area contributed by atoms with Crippen molar-refractivity contribution in [3.05, 3.63) is 71.8 Å². The minimum Gasteiger partial charge on any atom is -0.478 e. The summed E-state index contributed by atoms with van der Waals surface area (Å²) in [6.45, 7) is 2.01. The summed E-state index contributed by atoms with van der Waals surface area (Å²) in [5.74, 6) is -0.895. The fourth-order valence-corrected chi connectivity index (χ4v) is 1.89. The number of allylic oxidation sites excluding steroid dienone is 2. The van der Waals surface area contributed by atoms with E-state index in [1.807, 2.05) is 25.1 Å². The molecule has 0 radical (unpaired) electrons. The summed E-state index contributed by atoms with van der Waals surface area (Å²) in [5, 5.41) is 8.86. The van der Waals surface area contributed by atoms with E-state index in [-0.39, 0.29) is 0 Å². The van der Waals surface area contributed by atoms with Gasteiger partial charge in [-0.25, -0.2) is 4.79 Å². The number of carboxylic acids is 1. The van der Waals surface area contributed by atoms with Crippen LogP contribution in [0.1, 0.15) is 22.8 Å². The van der Waals surface area contributed by atoms with Gasteiger partial charge in [-0.05, 0) is 42.2 Å². The predicted octanol–water partition coefficient (Wildman–Crippen LogP) is 4.17. The van der Waals surface area contributed by atoms with Crippen molar-refractivity contribution >= 4 is 5.97 Å². The second-order valence-electron chi connectivity index (χ2n) is 4.35. The van der Waals surface area contributed by atoms with E-state index in [0.717, 1.165) is 17.5 Å². The van der Waals surface area contributed by atoms with Gasteiger partial charge in [0, 0.05) is 0 Å². The van der Waals surface area contributed by atoms with E-state index in [2.05, 4.69) is 30.3 Å². The van der Waals surface area contributed by atoms with Crippen LogP contribution in [-0.2, 0) is 6.42 Å². The van der Waals surface area contributed by atoms with E-state index in [0.29, 0.717) is 5.56 Å². The fourth-order valence-electron chi connectivity index (χ4n) is 1.89. The first-order valence-electron chi connectivity index (χ1n) is 6.24. The highest BCUT2D eigenvalue weighted by Gasteiger charge is 2.03. The van der Waals surface area contributed by atoms with Gasteiger partial charge < -0.3 is 5.11 Å². The topological polar surface area (TPSA) is 37.3 Å². The van der Waals surface area contributed by atoms with Crippen LogP contribution in [0.4, 0.5) is 0 Å². The van der Waals surface area contributed by atoms with Gasteiger partial charge in [-0.2, -0.15) is 0 Å². The Labute approximate surface area is 113 Å². The molecule has 0 spiro atoms. The molecule has 0 unspecified atom stereocenters. The van der Waals surface area contributed by atoms with E-state index in [1.165, 1.54) is 5.56 Å². The molecule has 0 fully saturated rings. The SMILES string of the molecule is C/C=C/Cc1ccc(-c2ccc(C(=O)O)cc2)cc1. The van der Waals surface area contributed by atoms with E-state index in [1.54, 1.807) is 12.1 Å². The fraction of sp³-hybridized carbons (Fsp3) is 0.118. The van der Waals surface area contributed by atoms with E-state index in [9.17, 15) is 4.79 Å². The number of carboxylic acid groups (broad SMARTS) is 1. The first-order valence-corrected chi connectivity index (χ1v) is 6.24. The molecule has 2 rings (SSSR count). The molecule has 2 nitrogen and oxygen atoms in total. The average Bonchev–Trinajstić information content (AvgIpc) is 2.46. The van der Waals surface area contributed by atoms with Crippen LogP contribution in [0.5, 0.6) is 0 Å². The summed E-state index contributed by atoms with van der Waals surface area (Å²) in [5.41, 5.74) is 3.71. The van der Waals surface area contributed by atoms with Gasteiger partial charge in [0.15, 0.2) is 0 Å². The third-order valence-electron chi connectivity index (χ3n) is 3.01. The Morgan fingerprint density at radius 1 is 1.00 bits per heavy atom. The molecule has 0 aliphatic rings. The third-order valence-corrected chi connectivity index (χ3v) is 3.01. The summed E-state index contributed by atoms with van der Waals surface area (Å²) in [4.78, 5) is 10.8. The van der Waals surface area contributed by atoms with Crippen LogP contribution in [0.15, 0.2) is 60.7 Å². The number of hydrogen-bond acceptors (Lipinski definition) is 1. The van der Waals surface area contributed by atoms with Crippen LogP contribution in [0.3, 0.4) is 0 Å². The van der Waals surface area contributed by atoms with Crippen LogP contribution in [0.2, 0.25) is 0 Å². The van der Waals surface area contributed by atoms with Crippen molar-refractivity contribution in [2.75, 3.05) is 0 Å². The highest BCUT2D eigenvalue weighted by molar-refractivity contribution is 5.88. The van der Waals surface area contributed by atoms with Crippen LogP contribution in [-0.4, -0.2) is 11.1 Å². The number of benzene rings is 2. The van der Waals surface area contributed by atoms with Gasteiger partial charge >= 0.3 is 5.97 Å². The van der Waals surface area contributed by atoms with Crippen molar-refractivity contribution in [3.8, 4) is 11.1 Å². The van der Waals surface area contributed by atoms with Gasteiger partial charge in [0.2, 0.25) is 0 Å². The zero-order chi connectivity index (χ0) is 13.7. The Kier molecular flexibility index (Phi) is 4.14. The molecule has 0 bridgehead atoms. The van der Waals surface area contributed by atoms with Gasteiger partial charge in [-0.15, -0.1) is 0 Å². The van der Waals surface area contributed by atoms with Crippen LogP contribution < -0.4 is 0 Å². The molecule has 96 valence electrons. The zero-order valence-electron chi connectivity index (χ0n) is 10.8. The van der Waals surface area contributed by atoms with E-state index >= 15 is 0 Å². The average molecular weight is 252 g/mol. The third kappa shape index (κ3) is 3.32. The number of hydrogen-bond donors (Lipinski definition) is 1. The summed E-state index contributed by atoms with van der Waals surface area (Å²) < 4.78 is 0. The lowest BCUT2D eigenvalue weighted by Crippen LogP contribution is -1.94. The van der Waals surface area contributed by atoms with Gasteiger partial charge in [0.05, 0.1) is 5.56 Å². The van der Waals surface area contributed by atoms with E-state index < -0.39 is 5.97 Å². The largest absolute Gasteiger partial charge is 0.478 e. The molecule has 19 heavy (non-hydrogen) atoms. The van der Waals surface area contributed by atoms with Crippen LogP contribution in [0, 0.1) is 0 Å². The standard InChI is InChI=1S/C17H16O2/c1-2-3-4-13-5-7-14(8-6-13)15-9-11-16(12-10-15)17(18)19/h2-3,5-12H,4H2,1H3,(H,18,19)/b3-2+. The molecule has 0 amide bonds. The summed E-state index contributed by atoms with van der Waals surface area (Å²) >= 11 is 0. The molecule has 0 aliphatic heterocycles. The minimum absolute atomic E-state index is 0.313. The van der Waals surface area contributed by atoms with Gasteiger partial charge in [0.25, 0.3) is 0 Å². The first kappa shape index (κ1) is 13.1. The summed E-state index contributed by atoms with van der Waals surface area (Å²) in [6.07, 6.45) is 5.10. The highest BCUT2D eigenvalue weighted by Crippen LogP contribution is 2.20. The Morgan fingerprint density at radius 3 is 2.00 bits per heavy atom. The van der Waals surface area contributed by atoms with Crippen molar-refractivity contribution < 1.29 is 9.90 Å². The maximum absolute atomic E-state index is 10.8. The summed E-state index contributed by atoms with van der Waals surface area (Å²) in [7, 11) is 0.